The van der Waals surface area contributed by atoms with E-state index in [-0.39, 0.29) is 12.1 Å². The Balaban J connectivity index is 2.59. The van der Waals surface area contributed by atoms with Gasteiger partial charge in [0.2, 0.25) is 0 Å². The minimum Gasteiger partial charge on any atom is -0.331 e. The number of carbonyl (C=O) groups is 1. The summed E-state index contributed by atoms with van der Waals surface area (Å²) < 4.78 is 0. The molecule has 4 nitrogen and oxygen atoms in total. The quantitative estimate of drug-likeness (QED) is 0.752. The number of benzene rings is 1. The number of rotatable bonds is 3. The van der Waals surface area contributed by atoms with Crippen LogP contribution in [-0.4, -0.2) is 17.6 Å². The van der Waals surface area contributed by atoms with Crippen molar-refractivity contribution in [2.24, 2.45) is 5.73 Å². The average molecular weight is 235 g/mol. The third-order valence-corrected chi connectivity index (χ3v) is 2.88. The number of hydrogen-bond acceptors (Lipinski definition) is 2. The second kappa shape index (κ2) is 5.19. The van der Waals surface area contributed by atoms with E-state index in [9.17, 15) is 4.79 Å². The van der Waals surface area contributed by atoms with Crippen molar-refractivity contribution < 1.29 is 4.79 Å². The van der Waals surface area contributed by atoms with Crippen molar-refractivity contribution in [1.82, 2.24) is 5.32 Å². The van der Waals surface area contributed by atoms with E-state index in [2.05, 4.69) is 10.6 Å². The summed E-state index contributed by atoms with van der Waals surface area (Å²) in [4.78, 5) is 11.7. The first-order valence-electron chi connectivity index (χ1n) is 5.72. The van der Waals surface area contributed by atoms with Crippen LogP contribution in [0.4, 0.5) is 10.5 Å². The van der Waals surface area contributed by atoms with Gasteiger partial charge in [-0.25, -0.2) is 4.79 Å². The maximum absolute atomic E-state index is 11.7. The van der Waals surface area contributed by atoms with Crippen molar-refractivity contribution in [2.45, 2.75) is 39.3 Å². The van der Waals surface area contributed by atoms with Crippen molar-refractivity contribution in [1.29, 1.82) is 0 Å². The van der Waals surface area contributed by atoms with Gasteiger partial charge in [0.05, 0.1) is 5.54 Å². The Bertz CT molecular complexity index is 382. The molecule has 1 unspecified atom stereocenters. The van der Waals surface area contributed by atoms with E-state index in [1.54, 1.807) is 0 Å². The van der Waals surface area contributed by atoms with Crippen LogP contribution in [0.15, 0.2) is 24.3 Å². The average Bonchev–Trinajstić information content (AvgIpc) is 2.20. The largest absolute Gasteiger partial charge is 0.331 e. The SMILES string of the molecule is Cc1ccc(NC(=O)NC(C)(C)C(C)N)cc1. The van der Waals surface area contributed by atoms with Crippen LogP contribution in [-0.2, 0) is 0 Å². The molecule has 4 heteroatoms. The molecule has 0 aliphatic rings. The molecule has 0 radical (unpaired) electrons. The van der Waals surface area contributed by atoms with Crippen LogP contribution >= 0.6 is 0 Å². The Hall–Kier alpha value is -1.55. The summed E-state index contributed by atoms with van der Waals surface area (Å²) in [6, 6.07) is 7.28. The Kier molecular flexibility index (Phi) is 4.12. The van der Waals surface area contributed by atoms with Crippen LogP contribution in [0.2, 0.25) is 0 Å². The lowest BCUT2D eigenvalue weighted by molar-refractivity contribution is 0.237. The fourth-order valence-corrected chi connectivity index (χ4v) is 1.21. The van der Waals surface area contributed by atoms with Gasteiger partial charge in [-0.15, -0.1) is 0 Å². The second-order valence-electron chi connectivity index (χ2n) is 4.96. The van der Waals surface area contributed by atoms with Gasteiger partial charge >= 0.3 is 6.03 Å². The highest BCUT2D eigenvalue weighted by Crippen LogP contribution is 2.10. The van der Waals surface area contributed by atoms with Crippen molar-refractivity contribution >= 4 is 11.7 Å². The summed E-state index contributed by atoms with van der Waals surface area (Å²) in [5, 5.41) is 5.62. The molecular formula is C13H21N3O. The Morgan fingerprint density at radius 2 is 1.82 bits per heavy atom. The molecule has 0 bridgehead atoms. The summed E-state index contributed by atoms with van der Waals surface area (Å²) in [5.41, 5.74) is 7.28. The molecule has 0 heterocycles. The van der Waals surface area contributed by atoms with Crippen LogP contribution < -0.4 is 16.4 Å². The number of amides is 2. The maximum Gasteiger partial charge on any atom is 0.319 e. The highest BCUT2D eigenvalue weighted by molar-refractivity contribution is 5.89. The molecule has 94 valence electrons. The van der Waals surface area contributed by atoms with Crippen molar-refractivity contribution in [3.8, 4) is 0 Å². The summed E-state index contributed by atoms with van der Waals surface area (Å²) in [5.74, 6) is 0. The zero-order chi connectivity index (χ0) is 13.1. The predicted octanol–water partition coefficient (Wildman–Crippen LogP) is 2.24. The van der Waals surface area contributed by atoms with Gasteiger partial charge in [0.1, 0.15) is 0 Å². The number of urea groups is 1. The van der Waals surface area contributed by atoms with Crippen molar-refractivity contribution in [3.05, 3.63) is 29.8 Å². The molecule has 17 heavy (non-hydrogen) atoms. The third-order valence-electron chi connectivity index (χ3n) is 2.88. The molecule has 0 spiro atoms. The molecule has 4 N–H and O–H groups in total. The first-order valence-corrected chi connectivity index (χ1v) is 5.72. The number of carbonyl (C=O) groups excluding carboxylic acids is 1. The van der Waals surface area contributed by atoms with E-state index >= 15 is 0 Å². The minimum atomic E-state index is -0.436. The molecule has 1 atom stereocenters. The Labute approximate surface area is 103 Å². The normalized spacial score (nSPS) is 13.0. The fraction of sp³-hybridized carbons (Fsp3) is 0.462. The van der Waals surface area contributed by atoms with Gasteiger partial charge in [-0.1, -0.05) is 17.7 Å². The summed E-state index contributed by atoms with van der Waals surface area (Å²) in [6.45, 7) is 7.66. The molecule has 1 aromatic carbocycles. The zero-order valence-corrected chi connectivity index (χ0v) is 10.9. The summed E-state index contributed by atoms with van der Waals surface area (Å²) in [6.07, 6.45) is 0. The van der Waals surface area contributed by atoms with Gasteiger partial charge in [-0.3, -0.25) is 0 Å². The second-order valence-corrected chi connectivity index (χ2v) is 4.96. The summed E-state index contributed by atoms with van der Waals surface area (Å²) in [7, 11) is 0. The molecule has 0 saturated heterocycles. The maximum atomic E-state index is 11.7. The molecule has 0 aliphatic heterocycles. The molecule has 0 aromatic heterocycles. The van der Waals surface area contributed by atoms with E-state index < -0.39 is 5.54 Å². The molecular weight excluding hydrogens is 214 g/mol. The lowest BCUT2D eigenvalue weighted by atomic mass is 9.97. The topological polar surface area (TPSA) is 67.2 Å². The van der Waals surface area contributed by atoms with Gasteiger partial charge < -0.3 is 16.4 Å². The highest BCUT2D eigenvalue weighted by atomic mass is 16.2. The molecule has 0 saturated carbocycles. The van der Waals surface area contributed by atoms with Crippen molar-refractivity contribution in [2.75, 3.05) is 5.32 Å². The monoisotopic (exact) mass is 235 g/mol. The molecule has 1 rings (SSSR count). The standard InChI is InChI=1S/C13H21N3O/c1-9-5-7-11(8-6-9)15-12(17)16-13(3,4)10(2)14/h5-8,10H,14H2,1-4H3,(H2,15,16,17). The lowest BCUT2D eigenvalue weighted by Crippen LogP contribution is -2.55. The third kappa shape index (κ3) is 4.07. The Morgan fingerprint density at radius 3 is 2.29 bits per heavy atom. The zero-order valence-electron chi connectivity index (χ0n) is 10.9. The van der Waals surface area contributed by atoms with Crippen LogP contribution in [0.5, 0.6) is 0 Å². The fourth-order valence-electron chi connectivity index (χ4n) is 1.21. The van der Waals surface area contributed by atoms with Gasteiger partial charge in [0, 0.05) is 11.7 Å². The number of nitrogens with two attached hydrogens (primary N) is 1. The molecule has 0 aliphatic carbocycles. The van der Waals surface area contributed by atoms with E-state index in [4.69, 9.17) is 5.73 Å². The molecule has 0 fully saturated rings. The number of hydrogen-bond donors (Lipinski definition) is 3. The minimum absolute atomic E-state index is 0.119. The number of nitrogens with one attached hydrogen (secondary N) is 2. The smallest absolute Gasteiger partial charge is 0.319 e. The summed E-state index contributed by atoms with van der Waals surface area (Å²) >= 11 is 0. The Morgan fingerprint density at radius 1 is 1.29 bits per heavy atom. The van der Waals surface area contributed by atoms with Gasteiger partial charge in [-0.2, -0.15) is 0 Å². The van der Waals surface area contributed by atoms with Gasteiger partial charge in [0.15, 0.2) is 0 Å². The number of anilines is 1. The number of aryl methyl sites for hydroxylation is 1. The predicted molar refractivity (Wildman–Crippen MR) is 71.1 cm³/mol. The van der Waals surface area contributed by atoms with Crippen molar-refractivity contribution in [3.63, 3.8) is 0 Å². The van der Waals surface area contributed by atoms with Crippen LogP contribution in [0.3, 0.4) is 0 Å². The van der Waals surface area contributed by atoms with E-state index in [1.165, 1.54) is 0 Å². The molecule has 1 aromatic rings. The highest BCUT2D eigenvalue weighted by Gasteiger charge is 2.24. The first kappa shape index (κ1) is 13.5. The van der Waals surface area contributed by atoms with Gasteiger partial charge in [-0.05, 0) is 39.8 Å². The van der Waals surface area contributed by atoms with E-state index in [0.717, 1.165) is 11.3 Å². The molecule has 2 amide bonds. The lowest BCUT2D eigenvalue weighted by Gasteiger charge is -2.30. The van der Waals surface area contributed by atoms with Gasteiger partial charge in [0.25, 0.3) is 0 Å². The van der Waals surface area contributed by atoms with Crippen LogP contribution in [0.25, 0.3) is 0 Å². The first-order chi connectivity index (χ1) is 7.81. The van der Waals surface area contributed by atoms with E-state index in [1.807, 2.05) is 52.0 Å². The van der Waals surface area contributed by atoms with E-state index in [0.29, 0.717) is 0 Å². The van der Waals surface area contributed by atoms with Crippen LogP contribution in [0, 0.1) is 6.92 Å². The van der Waals surface area contributed by atoms with Crippen LogP contribution in [0.1, 0.15) is 26.3 Å².